The highest BCUT2D eigenvalue weighted by Crippen LogP contribution is 2.12. The molecule has 0 aliphatic heterocycles. The molecule has 2 heterocycles. The van der Waals surface area contributed by atoms with Gasteiger partial charge < -0.3 is 5.32 Å². The quantitative estimate of drug-likeness (QED) is 0.880. The van der Waals surface area contributed by atoms with Gasteiger partial charge in [0.2, 0.25) is 0 Å². The molecule has 0 saturated heterocycles. The number of aryl methyl sites for hydroxylation is 2. The van der Waals surface area contributed by atoms with Crippen LogP contribution < -0.4 is 5.32 Å². The van der Waals surface area contributed by atoms with E-state index in [1.54, 1.807) is 11.3 Å². The Morgan fingerprint density at radius 1 is 1.38 bits per heavy atom. The van der Waals surface area contributed by atoms with Gasteiger partial charge in [-0.15, -0.1) is 11.3 Å². The van der Waals surface area contributed by atoms with Crippen molar-refractivity contribution in [1.82, 2.24) is 20.1 Å². The molecule has 2 rings (SSSR count). The molecule has 4 nitrogen and oxygen atoms in total. The van der Waals surface area contributed by atoms with Crippen LogP contribution in [0, 0.1) is 13.8 Å². The van der Waals surface area contributed by atoms with Crippen molar-refractivity contribution >= 4 is 11.3 Å². The summed E-state index contributed by atoms with van der Waals surface area (Å²) in [5, 5.41) is 7.81. The number of rotatable bonds is 4. The van der Waals surface area contributed by atoms with E-state index in [0.717, 1.165) is 18.8 Å². The molecule has 2 aromatic heterocycles. The zero-order valence-corrected chi connectivity index (χ0v) is 10.6. The minimum Gasteiger partial charge on any atom is -0.308 e. The van der Waals surface area contributed by atoms with Crippen molar-refractivity contribution in [2.45, 2.75) is 26.9 Å². The second-order valence-electron chi connectivity index (χ2n) is 3.84. The summed E-state index contributed by atoms with van der Waals surface area (Å²) < 4.78 is 1.93. The normalized spacial score (nSPS) is 10.9. The maximum absolute atomic E-state index is 4.39. The van der Waals surface area contributed by atoms with Gasteiger partial charge in [0.05, 0.1) is 11.2 Å². The predicted molar refractivity (Wildman–Crippen MR) is 65.3 cm³/mol. The molecule has 5 heteroatoms. The molecule has 0 bridgehead atoms. The number of hydrogen-bond acceptors (Lipinski definition) is 4. The molecule has 0 spiro atoms. The van der Waals surface area contributed by atoms with Crippen LogP contribution in [0.4, 0.5) is 0 Å². The van der Waals surface area contributed by atoms with Crippen molar-refractivity contribution < 1.29 is 0 Å². The number of hydrogen-bond donors (Lipinski definition) is 1. The maximum atomic E-state index is 4.39. The first-order chi connectivity index (χ1) is 7.68. The van der Waals surface area contributed by atoms with Crippen molar-refractivity contribution in [2.24, 2.45) is 7.05 Å². The zero-order chi connectivity index (χ0) is 11.5. The maximum Gasteiger partial charge on any atom is 0.0794 e. The summed E-state index contributed by atoms with van der Waals surface area (Å²) in [7, 11) is 1.98. The molecule has 2 aromatic rings. The van der Waals surface area contributed by atoms with Crippen LogP contribution in [0.2, 0.25) is 0 Å². The van der Waals surface area contributed by atoms with E-state index in [2.05, 4.69) is 29.2 Å². The summed E-state index contributed by atoms with van der Waals surface area (Å²) in [6, 6.07) is 0. The van der Waals surface area contributed by atoms with Crippen molar-refractivity contribution in [3.63, 3.8) is 0 Å². The van der Waals surface area contributed by atoms with E-state index in [1.807, 2.05) is 23.4 Å². The van der Waals surface area contributed by atoms with E-state index in [9.17, 15) is 0 Å². The first kappa shape index (κ1) is 11.3. The Kier molecular flexibility index (Phi) is 3.36. The zero-order valence-electron chi connectivity index (χ0n) is 9.82. The Hall–Kier alpha value is -1.20. The second kappa shape index (κ2) is 4.76. The van der Waals surface area contributed by atoms with Crippen molar-refractivity contribution in [3.8, 4) is 0 Å². The van der Waals surface area contributed by atoms with E-state index in [4.69, 9.17) is 0 Å². The van der Waals surface area contributed by atoms with Crippen molar-refractivity contribution in [1.29, 1.82) is 0 Å². The van der Waals surface area contributed by atoms with Crippen LogP contribution in [0.25, 0.3) is 0 Å². The average Bonchev–Trinajstić information content (AvgIpc) is 2.82. The summed E-state index contributed by atoms with van der Waals surface area (Å²) in [6.45, 7) is 5.89. The van der Waals surface area contributed by atoms with Gasteiger partial charge in [-0.2, -0.15) is 5.10 Å². The largest absolute Gasteiger partial charge is 0.308 e. The Bertz CT molecular complexity index is 459. The fourth-order valence-electron chi connectivity index (χ4n) is 1.71. The van der Waals surface area contributed by atoms with E-state index in [1.165, 1.54) is 16.1 Å². The molecule has 0 aromatic carbocycles. The molecule has 86 valence electrons. The lowest BCUT2D eigenvalue weighted by Crippen LogP contribution is -2.13. The van der Waals surface area contributed by atoms with Gasteiger partial charge in [0.15, 0.2) is 0 Å². The molecule has 0 aliphatic rings. The van der Waals surface area contributed by atoms with Gasteiger partial charge >= 0.3 is 0 Å². The summed E-state index contributed by atoms with van der Waals surface area (Å²) in [5.41, 5.74) is 5.50. The van der Waals surface area contributed by atoms with Crippen LogP contribution in [-0.4, -0.2) is 14.8 Å². The standard InChI is InChI=1S/C11H16N4S/c1-8-11(9(2)15(3)14-8)6-12-4-10-5-13-7-16-10/h5,7,12H,4,6H2,1-3H3. The van der Waals surface area contributed by atoms with Crippen LogP contribution in [0.15, 0.2) is 11.7 Å². The molecule has 0 amide bonds. The second-order valence-corrected chi connectivity index (χ2v) is 4.82. The van der Waals surface area contributed by atoms with Gasteiger partial charge in [-0.3, -0.25) is 9.67 Å². The van der Waals surface area contributed by atoms with Gasteiger partial charge in [0, 0.05) is 42.5 Å². The van der Waals surface area contributed by atoms with E-state index in [-0.39, 0.29) is 0 Å². The number of nitrogens with zero attached hydrogens (tertiary/aromatic N) is 3. The first-order valence-electron chi connectivity index (χ1n) is 5.25. The Morgan fingerprint density at radius 2 is 2.19 bits per heavy atom. The van der Waals surface area contributed by atoms with Crippen LogP contribution in [0.5, 0.6) is 0 Å². The first-order valence-corrected chi connectivity index (χ1v) is 6.13. The Morgan fingerprint density at radius 3 is 2.75 bits per heavy atom. The Labute approximate surface area is 99.3 Å². The molecule has 0 fully saturated rings. The fourth-order valence-corrected chi connectivity index (χ4v) is 2.28. The number of thiazole rings is 1. The molecule has 16 heavy (non-hydrogen) atoms. The highest BCUT2D eigenvalue weighted by molar-refractivity contribution is 7.09. The monoisotopic (exact) mass is 236 g/mol. The molecular formula is C11H16N4S. The summed E-state index contributed by atoms with van der Waals surface area (Å²) >= 11 is 1.68. The third-order valence-corrected chi connectivity index (χ3v) is 3.52. The minimum absolute atomic E-state index is 0.864. The summed E-state index contributed by atoms with van der Waals surface area (Å²) in [4.78, 5) is 5.31. The summed E-state index contributed by atoms with van der Waals surface area (Å²) in [5.74, 6) is 0. The van der Waals surface area contributed by atoms with E-state index >= 15 is 0 Å². The smallest absolute Gasteiger partial charge is 0.0794 e. The molecule has 1 N–H and O–H groups in total. The molecule has 0 atom stereocenters. The fraction of sp³-hybridized carbons (Fsp3) is 0.455. The van der Waals surface area contributed by atoms with Gasteiger partial charge in [0.25, 0.3) is 0 Å². The molecule has 0 unspecified atom stereocenters. The molecular weight excluding hydrogens is 220 g/mol. The number of aromatic nitrogens is 3. The highest BCUT2D eigenvalue weighted by atomic mass is 32.1. The lowest BCUT2D eigenvalue weighted by Gasteiger charge is -2.03. The molecule has 0 saturated carbocycles. The molecule has 0 radical (unpaired) electrons. The number of nitrogens with one attached hydrogen (secondary N) is 1. The van der Waals surface area contributed by atoms with Crippen LogP contribution >= 0.6 is 11.3 Å². The predicted octanol–water partition coefficient (Wildman–Crippen LogP) is 1.78. The third-order valence-electron chi connectivity index (χ3n) is 2.74. The topological polar surface area (TPSA) is 42.7 Å². The Balaban J connectivity index is 1.95. The lowest BCUT2D eigenvalue weighted by molar-refractivity contribution is 0.689. The van der Waals surface area contributed by atoms with Gasteiger partial charge in [-0.1, -0.05) is 0 Å². The highest BCUT2D eigenvalue weighted by Gasteiger charge is 2.08. The molecule has 0 aliphatic carbocycles. The SMILES string of the molecule is Cc1nn(C)c(C)c1CNCc1cncs1. The van der Waals surface area contributed by atoms with E-state index in [0.29, 0.717) is 0 Å². The summed E-state index contributed by atoms with van der Waals surface area (Å²) in [6.07, 6.45) is 1.90. The van der Waals surface area contributed by atoms with Gasteiger partial charge in [0.1, 0.15) is 0 Å². The van der Waals surface area contributed by atoms with Gasteiger partial charge in [-0.25, -0.2) is 0 Å². The minimum atomic E-state index is 0.864. The van der Waals surface area contributed by atoms with Crippen molar-refractivity contribution in [3.05, 3.63) is 33.5 Å². The van der Waals surface area contributed by atoms with Crippen LogP contribution in [-0.2, 0) is 20.1 Å². The van der Waals surface area contributed by atoms with Crippen molar-refractivity contribution in [2.75, 3.05) is 0 Å². The average molecular weight is 236 g/mol. The van der Waals surface area contributed by atoms with Gasteiger partial charge in [-0.05, 0) is 13.8 Å². The lowest BCUT2D eigenvalue weighted by atomic mass is 10.2. The van der Waals surface area contributed by atoms with Crippen LogP contribution in [0.1, 0.15) is 21.8 Å². The third kappa shape index (κ3) is 2.31. The van der Waals surface area contributed by atoms with E-state index < -0.39 is 0 Å². The van der Waals surface area contributed by atoms with Crippen LogP contribution in [0.3, 0.4) is 0 Å².